The van der Waals surface area contributed by atoms with Crippen LogP contribution in [0.1, 0.15) is 18.4 Å². The fraction of sp³-hybridized carbons (Fsp3) is 0.261. The molecular formula is C23H19F5N4O. The smallest absolute Gasteiger partial charge is 0.355 e. The molecule has 0 bridgehead atoms. The highest BCUT2D eigenvalue weighted by atomic mass is 19.4. The summed E-state index contributed by atoms with van der Waals surface area (Å²) in [7, 11) is 0. The lowest BCUT2D eigenvalue weighted by atomic mass is 9.95. The Hall–Kier alpha value is -3.56. The van der Waals surface area contributed by atoms with Crippen molar-refractivity contribution in [1.29, 1.82) is 0 Å². The number of alkyl halides is 3. The van der Waals surface area contributed by atoms with Crippen LogP contribution in [0, 0.1) is 17.6 Å². The average Bonchev–Trinajstić information content (AvgIpc) is 2.80. The number of nitrogens with zero attached hydrogens (tertiary/aromatic N) is 3. The molecule has 0 radical (unpaired) electrons. The second-order valence-electron chi connectivity index (χ2n) is 7.73. The van der Waals surface area contributed by atoms with E-state index in [1.54, 1.807) is 24.3 Å². The van der Waals surface area contributed by atoms with Crippen LogP contribution in [0.3, 0.4) is 0 Å². The normalized spacial score (nSPS) is 14.9. The Morgan fingerprint density at radius 2 is 1.64 bits per heavy atom. The van der Waals surface area contributed by atoms with Crippen molar-refractivity contribution in [2.24, 2.45) is 5.92 Å². The van der Waals surface area contributed by atoms with E-state index >= 15 is 0 Å². The fourth-order valence-corrected chi connectivity index (χ4v) is 3.70. The van der Waals surface area contributed by atoms with Crippen molar-refractivity contribution in [3.8, 4) is 11.3 Å². The first kappa shape index (κ1) is 22.6. The number of aromatic nitrogens is 2. The molecule has 0 atom stereocenters. The van der Waals surface area contributed by atoms with Crippen LogP contribution in [0.4, 0.5) is 33.5 Å². The molecule has 2 aromatic carbocycles. The highest BCUT2D eigenvalue weighted by Gasteiger charge is 2.34. The molecule has 0 spiro atoms. The van der Waals surface area contributed by atoms with E-state index in [4.69, 9.17) is 0 Å². The molecule has 1 N–H and O–H groups in total. The van der Waals surface area contributed by atoms with Gasteiger partial charge in [-0.1, -0.05) is 0 Å². The highest BCUT2D eigenvalue weighted by molar-refractivity contribution is 5.92. The van der Waals surface area contributed by atoms with E-state index in [0.29, 0.717) is 49.6 Å². The Morgan fingerprint density at radius 3 is 2.24 bits per heavy atom. The number of halogens is 5. The molecular weight excluding hydrogens is 443 g/mol. The Balaban J connectivity index is 1.35. The molecule has 33 heavy (non-hydrogen) atoms. The highest BCUT2D eigenvalue weighted by Crippen LogP contribution is 2.33. The number of carbonyl (C=O) groups excluding carboxylic acids is 1. The van der Waals surface area contributed by atoms with Crippen molar-refractivity contribution < 1.29 is 26.7 Å². The summed E-state index contributed by atoms with van der Waals surface area (Å²) in [6.07, 6.45) is -3.90. The van der Waals surface area contributed by atoms with E-state index in [0.717, 1.165) is 11.6 Å². The molecule has 1 fully saturated rings. The Bertz CT molecular complexity index is 1130. The van der Waals surface area contributed by atoms with Crippen molar-refractivity contribution in [1.82, 2.24) is 10.2 Å². The van der Waals surface area contributed by atoms with Crippen molar-refractivity contribution in [2.45, 2.75) is 19.0 Å². The number of benzene rings is 2. The van der Waals surface area contributed by atoms with Crippen molar-refractivity contribution in [3.63, 3.8) is 0 Å². The SMILES string of the molecule is O=C(Nc1ccc(F)c(C(F)(F)F)c1)C1CCN(c2ccc(-c3ccc(F)cc3)nn2)CC1. The summed E-state index contributed by atoms with van der Waals surface area (Å²) in [5.74, 6) is -1.90. The van der Waals surface area contributed by atoms with E-state index < -0.39 is 29.4 Å². The Morgan fingerprint density at radius 1 is 0.939 bits per heavy atom. The molecule has 172 valence electrons. The number of anilines is 2. The van der Waals surface area contributed by atoms with Crippen LogP contribution < -0.4 is 10.2 Å². The summed E-state index contributed by atoms with van der Waals surface area (Å²) < 4.78 is 65.1. The molecule has 0 aliphatic carbocycles. The van der Waals surface area contributed by atoms with Gasteiger partial charge in [0, 0.05) is 30.3 Å². The minimum atomic E-state index is -4.84. The van der Waals surface area contributed by atoms with E-state index in [-0.39, 0.29) is 11.5 Å². The first-order valence-corrected chi connectivity index (χ1v) is 10.2. The summed E-state index contributed by atoms with van der Waals surface area (Å²) >= 11 is 0. The fourth-order valence-electron chi connectivity index (χ4n) is 3.70. The number of rotatable bonds is 4. The predicted molar refractivity (Wildman–Crippen MR) is 112 cm³/mol. The lowest BCUT2D eigenvalue weighted by Crippen LogP contribution is -2.38. The van der Waals surface area contributed by atoms with E-state index in [9.17, 15) is 26.7 Å². The topological polar surface area (TPSA) is 58.1 Å². The van der Waals surface area contributed by atoms with E-state index in [1.165, 1.54) is 12.1 Å². The van der Waals surface area contributed by atoms with Gasteiger partial charge in [-0.15, -0.1) is 10.2 Å². The number of carbonyl (C=O) groups is 1. The lowest BCUT2D eigenvalue weighted by molar-refractivity contribution is -0.140. The van der Waals surface area contributed by atoms with Crippen LogP contribution in [0.25, 0.3) is 11.3 Å². The minimum absolute atomic E-state index is 0.0987. The number of piperidine rings is 1. The summed E-state index contributed by atoms with van der Waals surface area (Å²) in [6.45, 7) is 1.03. The van der Waals surface area contributed by atoms with Gasteiger partial charge in [0.1, 0.15) is 11.6 Å². The quantitative estimate of drug-likeness (QED) is 0.535. The van der Waals surface area contributed by atoms with Crippen LogP contribution in [0.2, 0.25) is 0 Å². The first-order valence-electron chi connectivity index (χ1n) is 10.2. The van der Waals surface area contributed by atoms with Gasteiger partial charge in [0.05, 0.1) is 11.3 Å². The maximum Gasteiger partial charge on any atom is 0.419 e. The van der Waals surface area contributed by atoms with Gasteiger partial charge in [-0.05, 0) is 67.4 Å². The zero-order chi connectivity index (χ0) is 23.6. The molecule has 5 nitrogen and oxygen atoms in total. The first-order chi connectivity index (χ1) is 15.7. The van der Waals surface area contributed by atoms with Crippen LogP contribution in [-0.2, 0) is 11.0 Å². The summed E-state index contributed by atoms with van der Waals surface area (Å²) in [4.78, 5) is 14.5. The van der Waals surface area contributed by atoms with Crippen molar-refractivity contribution >= 4 is 17.4 Å². The van der Waals surface area contributed by atoms with E-state index in [1.807, 2.05) is 4.90 Å². The lowest BCUT2D eigenvalue weighted by Gasteiger charge is -2.31. The molecule has 0 unspecified atom stereocenters. The minimum Gasteiger partial charge on any atom is -0.355 e. The second kappa shape index (κ2) is 9.13. The third-order valence-corrected chi connectivity index (χ3v) is 5.52. The number of hydrogen-bond acceptors (Lipinski definition) is 4. The monoisotopic (exact) mass is 462 g/mol. The maximum absolute atomic E-state index is 13.4. The number of nitrogens with one attached hydrogen (secondary N) is 1. The molecule has 3 aromatic rings. The maximum atomic E-state index is 13.4. The number of amides is 1. The van der Waals surface area contributed by atoms with Crippen LogP contribution in [0.15, 0.2) is 54.6 Å². The van der Waals surface area contributed by atoms with Crippen LogP contribution >= 0.6 is 0 Å². The molecule has 1 aliphatic rings. The van der Waals surface area contributed by atoms with Gasteiger partial charge in [0.15, 0.2) is 5.82 Å². The van der Waals surface area contributed by atoms with Gasteiger partial charge in [-0.3, -0.25) is 4.79 Å². The molecule has 0 saturated carbocycles. The van der Waals surface area contributed by atoms with Crippen LogP contribution in [0.5, 0.6) is 0 Å². The standard InChI is InChI=1S/C23H19F5N4O/c24-16-3-1-14(2-4-16)20-7-8-21(31-30-20)32-11-9-15(10-12-32)22(33)29-17-5-6-19(25)18(13-17)23(26,27)28/h1-8,13,15H,9-12H2,(H,29,33). The molecule has 10 heteroatoms. The predicted octanol–water partition coefficient (Wildman–Crippen LogP) is 5.30. The Labute approximate surface area is 186 Å². The third-order valence-electron chi connectivity index (χ3n) is 5.52. The van der Waals surface area contributed by atoms with Crippen LogP contribution in [-0.4, -0.2) is 29.2 Å². The van der Waals surface area contributed by atoms with Gasteiger partial charge in [0.25, 0.3) is 0 Å². The molecule has 1 aliphatic heterocycles. The van der Waals surface area contributed by atoms with Gasteiger partial charge < -0.3 is 10.2 Å². The number of hydrogen-bond donors (Lipinski definition) is 1. The zero-order valence-electron chi connectivity index (χ0n) is 17.2. The molecule has 2 heterocycles. The molecule has 1 aromatic heterocycles. The van der Waals surface area contributed by atoms with Gasteiger partial charge in [-0.2, -0.15) is 13.2 Å². The summed E-state index contributed by atoms with van der Waals surface area (Å²) in [5.41, 5.74) is -0.179. The zero-order valence-corrected chi connectivity index (χ0v) is 17.2. The van der Waals surface area contributed by atoms with Crippen molar-refractivity contribution in [2.75, 3.05) is 23.3 Å². The largest absolute Gasteiger partial charge is 0.419 e. The molecule has 4 rings (SSSR count). The molecule has 1 amide bonds. The van der Waals surface area contributed by atoms with Gasteiger partial charge in [-0.25, -0.2) is 8.78 Å². The van der Waals surface area contributed by atoms with E-state index in [2.05, 4.69) is 15.5 Å². The second-order valence-corrected chi connectivity index (χ2v) is 7.73. The molecule has 1 saturated heterocycles. The van der Waals surface area contributed by atoms with Crippen molar-refractivity contribution in [3.05, 3.63) is 71.8 Å². The summed E-state index contributed by atoms with van der Waals surface area (Å²) in [5, 5.41) is 10.9. The van der Waals surface area contributed by atoms with Gasteiger partial charge >= 0.3 is 6.18 Å². The third kappa shape index (κ3) is 5.27. The average molecular weight is 462 g/mol. The van der Waals surface area contributed by atoms with Gasteiger partial charge in [0.2, 0.25) is 5.91 Å². The Kier molecular flexibility index (Phi) is 6.26. The summed E-state index contributed by atoms with van der Waals surface area (Å²) in [6, 6.07) is 11.9.